The fraction of sp³-hybridized carbons (Fsp3) is 0. The normalized spacial score (nSPS) is 12.1. The zero-order chi connectivity index (χ0) is 45.2. The minimum atomic E-state index is 0.608. The molecule has 0 aliphatic heterocycles. The number of para-hydroxylation sites is 4. The molecule has 0 spiro atoms. The highest BCUT2D eigenvalue weighted by Crippen LogP contribution is 2.49. The van der Waals surface area contributed by atoms with E-state index in [-0.39, 0.29) is 0 Å². The molecule has 0 atom stereocenters. The van der Waals surface area contributed by atoms with Crippen molar-refractivity contribution in [3.8, 4) is 62.1 Å². The van der Waals surface area contributed by atoms with Gasteiger partial charge in [0, 0.05) is 74.9 Å². The summed E-state index contributed by atoms with van der Waals surface area (Å²) < 4.78 is 7.34. The van der Waals surface area contributed by atoms with Crippen molar-refractivity contribution in [2.45, 2.75) is 0 Å². The molecule has 69 heavy (non-hydrogen) atoms. The van der Waals surface area contributed by atoms with Crippen LogP contribution in [-0.2, 0) is 0 Å². The van der Waals surface area contributed by atoms with Gasteiger partial charge in [-0.25, -0.2) is 15.0 Å². The van der Waals surface area contributed by atoms with Crippen molar-refractivity contribution in [2.75, 3.05) is 0 Å². The Labute approximate surface area is 399 Å². The fourth-order valence-electron chi connectivity index (χ4n) is 11.1. The Kier molecular flexibility index (Phi) is 8.17. The van der Waals surface area contributed by atoms with Gasteiger partial charge in [-0.3, -0.25) is 0 Å². The van der Waals surface area contributed by atoms with Crippen molar-refractivity contribution >= 4 is 91.4 Å². The average Bonchev–Trinajstić information content (AvgIpc) is 4.05. The molecule has 15 rings (SSSR count). The second kappa shape index (κ2) is 14.8. The zero-order valence-electron chi connectivity index (χ0n) is 37.0. The lowest BCUT2D eigenvalue weighted by Gasteiger charge is -2.14. The number of rotatable bonds is 6. The number of nitrogens with zero attached hydrogens (tertiary/aromatic N) is 5. The summed E-state index contributed by atoms with van der Waals surface area (Å²) in [5.74, 6) is 1.84. The first kappa shape index (κ1) is 38.2. The first-order valence-corrected chi connectivity index (χ1v) is 24.2. The number of aromatic nitrogens is 5. The Morgan fingerprint density at radius 3 is 1.52 bits per heavy atom. The van der Waals surface area contributed by atoms with Crippen molar-refractivity contribution in [1.29, 1.82) is 0 Å². The molecule has 10 aromatic carbocycles. The summed E-state index contributed by atoms with van der Waals surface area (Å²) in [5.41, 5.74) is 14.1. The molecule has 0 bridgehead atoms. The number of hydrogen-bond acceptors (Lipinski definition) is 4. The van der Waals surface area contributed by atoms with Crippen LogP contribution in [0.25, 0.3) is 142 Å². The Bertz CT molecular complexity index is 4460. The SMILES string of the molecule is c1ccc(-c2cc(-c3ccccc3)cc(-c3nc(-c4ccc5c6ccccc6n(-c6ccccc6)c5c4)nc(-c4ccc5sc6ccc7c8ccccc8n8c9ccccc9c4c5c6c78)n3)c2)cc1. The molecule has 0 amide bonds. The van der Waals surface area contributed by atoms with Crippen LogP contribution >= 0.6 is 11.3 Å². The van der Waals surface area contributed by atoms with E-state index in [2.05, 4.69) is 233 Å². The minimum absolute atomic E-state index is 0.608. The molecule has 0 aliphatic rings. The van der Waals surface area contributed by atoms with Gasteiger partial charge < -0.3 is 8.97 Å². The maximum absolute atomic E-state index is 5.58. The van der Waals surface area contributed by atoms with E-state index >= 15 is 0 Å². The van der Waals surface area contributed by atoms with Crippen LogP contribution in [0.1, 0.15) is 0 Å². The lowest BCUT2D eigenvalue weighted by Crippen LogP contribution is -2.01. The monoisotopic (exact) mass is 895 g/mol. The largest absolute Gasteiger partial charge is 0.309 e. The van der Waals surface area contributed by atoms with E-state index in [1.807, 2.05) is 11.3 Å². The van der Waals surface area contributed by atoms with Crippen LogP contribution in [0.3, 0.4) is 0 Å². The summed E-state index contributed by atoms with van der Waals surface area (Å²) in [6.07, 6.45) is 0. The molecule has 6 heteroatoms. The zero-order valence-corrected chi connectivity index (χ0v) is 37.8. The van der Waals surface area contributed by atoms with Crippen LogP contribution in [0.4, 0.5) is 0 Å². The highest BCUT2D eigenvalue weighted by molar-refractivity contribution is 7.26. The van der Waals surface area contributed by atoms with Gasteiger partial charge in [0.05, 0.1) is 27.6 Å². The van der Waals surface area contributed by atoms with Crippen LogP contribution in [0.2, 0.25) is 0 Å². The van der Waals surface area contributed by atoms with Crippen molar-refractivity contribution in [1.82, 2.24) is 23.9 Å². The van der Waals surface area contributed by atoms with Crippen LogP contribution in [-0.4, -0.2) is 23.9 Å². The van der Waals surface area contributed by atoms with E-state index in [0.29, 0.717) is 17.5 Å². The molecule has 0 aliphatic carbocycles. The van der Waals surface area contributed by atoms with Crippen molar-refractivity contribution in [2.24, 2.45) is 0 Å². The molecule has 0 unspecified atom stereocenters. The maximum Gasteiger partial charge on any atom is 0.164 e. The molecule has 0 N–H and O–H groups in total. The molecule has 320 valence electrons. The summed E-state index contributed by atoms with van der Waals surface area (Å²) in [6, 6.07) is 80.7. The maximum atomic E-state index is 5.58. The Balaban J connectivity index is 1.06. The Hall–Kier alpha value is -8.97. The smallest absolute Gasteiger partial charge is 0.164 e. The standard InChI is InChI=1S/C63H37N5S/c1-4-16-38(17-5-1)41-34-42(39-18-6-2-7-19-39)36-43(35-41)62-64-61(40-28-29-47-45-22-10-13-25-51(45)67(54(47)37-40)44-20-8-3-9-21-44)65-63(66-62)50-31-33-55-58-57(50)49-24-12-15-27-53(49)68-52-26-14-11-23-46(52)48-30-32-56(69-55)59(58)60(48)68/h1-37H. The van der Waals surface area contributed by atoms with Gasteiger partial charge in [-0.1, -0.05) is 152 Å². The molecule has 0 saturated carbocycles. The summed E-state index contributed by atoms with van der Waals surface area (Å²) in [7, 11) is 0. The van der Waals surface area contributed by atoms with Gasteiger partial charge in [-0.05, 0) is 95.1 Å². The second-order valence-electron chi connectivity index (χ2n) is 17.9. The van der Waals surface area contributed by atoms with Gasteiger partial charge in [0.2, 0.25) is 0 Å². The fourth-order valence-corrected chi connectivity index (χ4v) is 12.2. The third-order valence-electron chi connectivity index (χ3n) is 14.1. The average molecular weight is 896 g/mol. The predicted octanol–water partition coefficient (Wildman–Crippen LogP) is 16.8. The van der Waals surface area contributed by atoms with Crippen LogP contribution in [0.5, 0.6) is 0 Å². The second-order valence-corrected chi connectivity index (χ2v) is 19.0. The molecule has 0 fully saturated rings. The molecule has 5 heterocycles. The molecule has 0 radical (unpaired) electrons. The molecule has 15 aromatic rings. The van der Waals surface area contributed by atoms with Crippen LogP contribution in [0, 0.1) is 0 Å². The molecular weight excluding hydrogens is 859 g/mol. The third kappa shape index (κ3) is 5.73. The minimum Gasteiger partial charge on any atom is -0.309 e. The summed E-state index contributed by atoms with van der Waals surface area (Å²) in [4.78, 5) is 16.6. The van der Waals surface area contributed by atoms with Crippen molar-refractivity contribution in [3.63, 3.8) is 0 Å². The summed E-state index contributed by atoms with van der Waals surface area (Å²) in [6.45, 7) is 0. The van der Waals surface area contributed by atoms with Crippen molar-refractivity contribution < 1.29 is 0 Å². The molecule has 0 saturated heterocycles. The highest BCUT2D eigenvalue weighted by atomic mass is 32.1. The van der Waals surface area contributed by atoms with Crippen LogP contribution in [0.15, 0.2) is 224 Å². The van der Waals surface area contributed by atoms with E-state index in [4.69, 9.17) is 15.0 Å². The lowest BCUT2D eigenvalue weighted by atomic mass is 9.95. The Morgan fingerprint density at radius 1 is 0.304 bits per heavy atom. The van der Waals surface area contributed by atoms with Gasteiger partial charge in [-0.2, -0.15) is 0 Å². The number of hydrogen-bond donors (Lipinski definition) is 0. The predicted molar refractivity (Wildman–Crippen MR) is 289 cm³/mol. The van der Waals surface area contributed by atoms with E-state index in [1.165, 1.54) is 52.8 Å². The first-order chi connectivity index (χ1) is 34.2. The van der Waals surface area contributed by atoms with Gasteiger partial charge >= 0.3 is 0 Å². The van der Waals surface area contributed by atoms with Gasteiger partial charge in [0.15, 0.2) is 17.5 Å². The van der Waals surface area contributed by atoms with Gasteiger partial charge in [-0.15, -0.1) is 11.3 Å². The first-order valence-electron chi connectivity index (χ1n) is 23.3. The quantitative estimate of drug-likeness (QED) is 0.167. The number of benzene rings is 10. The van der Waals surface area contributed by atoms with E-state index < -0.39 is 0 Å². The van der Waals surface area contributed by atoms with E-state index in [0.717, 1.165) is 72.0 Å². The number of fused-ring (bicyclic) bond motifs is 9. The highest BCUT2D eigenvalue weighted by Gasteiger charge is 2.24. The summed E-state index contributed by atoms with van der Waals surface area (Å²) >= 11 is 1.85. The Morgan fingerprint density at radius 2 is 0.812 bits per heavy atom. The number of thiophene rings is 1. The molecule has 5 aromatic heterocycles. The van der Waals surface area contributed by atoms with Crippen molar-refractivity contribution in [3.05, 3.63) is 224 Å². The third-order valence-corrected chi connectivity index (χ3v) is 15.2. The van der Waals surface area contributed by atoms with Gasteiger partial charge in [0.25, 0.3) is 0 Å². The van der Waals surface area contributed by atoms with E-state index in [9.17, 15) is 0 Å². The molecule has 5 nitrogen and oxygen atoms in total. The van der Waals surface area contributed by atoms with E-state index in [1.54, 1.807) is 0 Å². The summed E-state index contributed by atoms with van der Waals surface area (Å²) in [5, 5.41) is 9.67. The lowest BCUT2D eigenvalue weighted by molar-refractivity contribution is 1.08. The van der Waals surface area contributed by atoms with Gasteiger partial charge in [0.1, 0.15) is 0 Å². The topological polar surface area (TPSA) is 48.0 Å². The van der Waals surface area contributed by atoms with Crippen LogP contribution < -0.4 is 0 Å². The molecular formula is C63H37N5S.